The van der Waals surface area contributed by atoms with Crippen LogP contribution in [0.5, 0.6) is 0 Å². The van der Waals surface area contributed by atoms with Crippen LogP contribution >= 0.6 is 0 Å². The molecule has 0 saturated heterocycles. The van der Waals surface area contributed by atoms with Gasteiger partial charge in [-0.25, -0.2) is 4.79 Å². The van der Waals surface area contributed by atoms with Crippen LogP contribution in [0.1, 0.15) is 36.2 Å². The topological polar surface area (TPSA) is 67.4 Å². The number of carbonyl (C=O) groups is 2. The molecule has 0 aliphatic carbocycles. The highest BCUT2D eigenvalue weighted by Gasteiger charge is 2.29. The van der Waals surface area contributed by atoms with Crippen molar-refractivity contribution >= 4 is 12.0 Å². The zero-order chi connectivity index (χ0) is 18.6. The standard InChI is InChI=1S/C13H15F3N2O3.C3H8/c1-9-2-4-10(5-3-9)11(19)17-6-7-18-12(20)21-8-13(14,15)16;1-3-2/h2-5H,6-8H2,1H3,(H,17,19)(H,18,20);3H2,1-2H3. The summed E-state index contributed by atoms with van der Waals surface area (Å²) < 4.78 is 39.2. The smallest absolute Gasteiger partial charge is 0.422 e. The second-order valence-electron chi connectivity index (χ2n) is 4.95. The zero-order valence-electron chi connectivity index (χ0n) is 14.0. The predicted molar refractivity (Wildman–Crippen MR) is 84.9 cm³/mol. The molecule has 0 bridgehead atoms. The van der Waals surface area contributed by atoms with Gasteiger partial charge in [0, 0.05) is 18.7 Å². The van der Waals surface area contributed by atoms with Crippen molar-refractivity contribution in [2.75, 3.05) is 19.7 Å². The monoisotopic (exact) mass is 348 g/mol. The Labute approximate surface area is 139 Å². The Bertz CT molecular complexity index is 502. The number of benzene rings is 1. The van der Waals surface area contributed by atoms with Crippen LogP contribution in [0.2, 0.25) is 0 Å². The summed E-state index contributed by atoms with van der Waals surface area (Å²) in [6.07, 6.45) is -4.49. The number of halogens is 3. The average Bonchev–Trinajstić information content (AvgIpc) is 2.50. The molecule has 5 nitrogen and oxygen atoms in total. The van der Waals surface area contributed by atoms with Gasteiger partial charge in [-0.3, -0.25) is 4.79 Å². The first kappa shape index (κ1) is 21.8. The van der Waals surface area contributed by atoms with E-state index in [-0.39, 0.29) is 19.0 Å². The van der Waals surface area contributed by atoms with Gasteiger partial charge >= 0.3 is 12.3 Å². The van der Waals surface area contributed by atoms with Crippen LogP contribution in [0.15, 0.2) is 24.3 Å². The lowest BCUT2D eigenvalue weighted by Crippen LogP contribution is -2.36. The lowest BCUT2D eigenvalue weighted by atomic mass is 10.1. The number of nitrogens with one attached hydrogen (secondary N) is 2. The van der Waals surface area contributed by atoms with E-state index < -0.39 is 18.9 Å². The molecule has 0 radical (unpaired) electrons. The summed E-state index contributed by atoms with van der Waals surface area (Å²) in [6.45, 7) is 4.54. The Kier molecular flexibility index (Phi) is 10.3. The van der Waals surface area contributed by atoms with Crippen LogP contribution in [-0.4, -0.2) is 37.9 Å². The minimum absolute atomic E-state index is 0.0334. The van der Waals surface area contributed by atoms with Crippen LogP contribution in [0.25, 0.3) is 0 Å². The van der Waals surface area contributed by atoms with Gasteiger partial charge in [0.15, 0.2) is 6.61 Å². The first-order valence-electron chi connectivity index (χ1n) is 7.51. The second-order valence-corrected chi connectivity index (χ2v) is 4.95. The summed E-state index contributed by atoms with van der Waals surface area (Å²) in [6, 6.07) is 6.86. The van der Waals surface area contributed by atoms with Gasteiger partial charge < -0.3 is 15.4 Å². The molecule has 0 saturated carbocycles. The van der Waals surface area contributed by atoms with Crippen molar-refractivity contribution in [3.05, 3.63) is 35.4 Å². The fraction of sp³-hybridized carbons (Fsp3) is 0.500. The second kappa shape index (κ2) is 11.3. The molecule has 2 N–H and O–H groups in total. The largest absolute Gasteiger partial charge is 0.440 e. The predicted octanol–water partition coefficient (Wildman–Crippen LogP) is 3.43. The minimum atomic E-state index is -4.56. The Morgan fingerprint density at radius 2 is 1.54 bits per heavy atom. The first-order valence-corrected chi connectivity index (χ1v) is 7.51. The summed E-state index contributed by atoms with van der Waals surface area (Å²) >= 11 is 0. The molecular formula is C16H23F3N2O3. The highest BCUT2D eigenvalue weighted by Crippen LogP contribution is 2.14. The lowest BCUT2D eigenvalue weighted by Gasteiger charge is -2.09. The Morgan fingerprint density at radius 3 is 2.04 bits per heavy atom. The molecule has 0 aliphatic heterocycles. The van der Waals surface area contributed by atoms with Crippen LogP contribution in [0.3, 0.4) is 0 Å². The average molecular weight is 348 g/mol. The fourth-order valence-corrected chi connectivity index (χ4v) is 1.35. The van der Waals surface area contributed by atoms with Crippen molar-refractivity contribution in [2.45, 2.75) is 33.4 Å². The van der Waals surface area contributed by atoms with E-state index in [1.807, 2.05) is 6.92 Å². The van der Waals surface area contributed by atoms with Crippen molar-refractivity contribution in [1.82, 2.24) is 10.6 Å². The third-order valence-corrected chi connectivity index (χ3v) is 2.36. The number of carbonyl (C=O) groups excluding carboxylic acids is 2. The maximum atomic E-state index is 11.8. The van der Waals surface area contributed by atoms with E-state index in [1.165, 1.54) is 6.42 Å². The van der Waals surface area contributed by atoms with Crippen molar-refractivity contribution in [2.24, 2.45) is 0 Å². The van der Waals surface area contributed by atoms with Gasteiger partial charge in [0.2, 0.25) is 0 Å². The molecule has 2 amide bonds. The molecule has 1 rings (SSSR count). The fourth-order valence-electron chi connectivity index (χ4n) is 1.35. The third kappa shape index (κ3) is 11.3. The maximum absolute atomic E-state index is 11.8. The van der Waals surface area contributed by atoms with Crippen molar-refractivity contribution in [3.63, 3.8) is 0 Å². The zero-order valence-corrected chi connectivity index (χ0v) is 14.0. The Morgan fingerprint density at radius 1 is 1.04 bits per heavy atom. The van der Waals surface area contributed by atoms with Crippen LogP contribution < -0.4 is 10.6 Å². The van der Waals surface area contributed by atoms with E-state index in [4.69, 9.17) is 0 Å². The van der Waals surface area contributed by atoms with E-state index in [0.29, 0.717) is 5.56 Å². The van der Waals surface area contributed by atoms with Gasteiger partial charge in [-0.05, 0) is 19.1 Å². The Balaban J connectivity index is 0.00000163. The molecule has 0 spiro atoms. The van der Waals surface area contributed by atoms with E-state index in [2.05, 4.69) is 29.2 Å². The van der Waals surface area contributed by atoms with E-state index in [9.17, 15) is 22.8 Å². The minimum Gasteiger partial charge on any atom is -0.440 e. The van der Waals surface area contributed by atoms with Gasteiger partial charge in [0.05, 0.1) is 0 Å². The molecule has 0 aliphatic rings. The molecule has 24 heavy (non-hydrogen) atoms. The molecule has 0 unspecified atom stereocenters. The number of aryl methyl sites for hydroxylation is 1. The van der Waals surface area contributed by atoms with Crippen LogP contribution in [0.4, 0.5) is 18.0 Å². The number of rotatable bonds is 5. The molecule has 0 fully saturated rings. The molecule has 136 valence electrons. The van der Waals surface area contributed by atoms with Crippen molar-refractivity contribution < 1.29 is 27.5 Å². The quantitative estimate of drug-likeness (QED) is 0.801. The summed E-state index contributed by atoms with van der Waals surface area (Å²) in [5.74, 6) is -0.333. The number of ether oxygens (including phenoxy) is 1. The number of amides is 2. The molecule has 0 heterocycles. The van der Waals surface area contributed by atoms with E-state index in [1.54, 1.807) is 24.3 Å². The summed E-state index contributed by atoms with van der Waals surface area (Å²) in [4.78, 5) is 22.5. The lowest BCUT2D eigenvalue weighted by molar-refractivity contribution is -0.160. The number of hydrogen-bond donors (Lipinski definition) is 2. The molecule has 0 atom stereocenters. The van der Waals surface area contributed by atoms with Crippen LogP contribution in [-0.2, 0) is 4.74 Å². The van der Waals surface area contributed by atoms with Gasteiger partial charge in [-0.2, -0.15) is 13.2 Å². The normalized spacial score (nSPS) is 10.2. The van der Waals surface area contributed by atoms with Crippen molar-refractivity contribution in [1.29, 1.82) is 0 Å². The Hall–Kier alpha value is -2.25. The van der Waals surface area contributed by atoms with Gasteiger partial charge in [0.1, 0.15) is 0 Å². The highest BCUT2D eigenvalue weighted by molar-refractivity contribution is 5.94. The summed E-state index contributed by atoms with van der Waals surface area (Å²) in [7, 11) is 0. The highest BCUT2D eigenvalue weighted by atomic mass is 19.4. The van der Waals surface area contributed by atoms with Crippen molar-refractivity contribution in [3.8, 4) is 0 Å². The molecular weight excluding hydrogens is 325 g/mol. The number of alkyl halides is 3. The SMILES string of the molecule is CCC.Cc1ccc(C(=O)NCCNC(=O)OCC(F)(F)F)cc1. The molecule has 1 aromatic rings. The van der Waals surface area contributed by atoms with E-state index >= 15 is 0 Å². The number of alkyl carbamates (subject to hydrolysis) is 1. The van der Waals surface area contributed by atoms with Gasteiger partial charge in [0.25, 0.3) is 5.91 Å². The summed E-state index contributed by atoms with van der Waals surface area (Å²) in [5, 5.41) is 4.61. The van der Waals surface area contributed by atoms with E-state index in [0.717, 1.165) is 5.56 Å². The third-order valence-electron chi connectivity index (χ3n) is 2.36. The molecule has 8 heteroatoms. The molecule has 1 aromatic carbocycles. The van der Waals surface area contributed by atoms with Gasteiger partial charge in [-0.15, -0.1) is 0 Å². The molecule has 0 aromatic heterocycles. The first-order chi connectivity index (χ1) is 11.2. The van der Waals surface area contributed by atoms with Gasteiger partial charge in [-0.1, -0.05) is 38.0 Å². The summed E-state index contributed by atoms with van der Waals surface area (Å²) in [5.41, 5.74) is 1.47. The maximum Gasteiger partial charge on any atom is 0.422 e. The number of hydrogen-bond acceptors (Lipinski definition) is 3. The van der Waals surface area contributed by atoms with Crippen LogP contribution in [0, 0.1) is 6.92 Å².